The van der Waals surface area contributed by atoms with E-state index in [0.29, 0.717) is 31.7 Å². The summed E-state index contributed by atoms with van der Waals surface area (Å²) >= 11 is 0. The van der Waals surface area contributed by atoms with Crippen LogP contribution in [0.25, 0.3) is 0 Å². The van der Waals surface area contributed by atoms with Gasteiger partial charge in [0.15, 0.2) is 0 Å². The van der Waals surface area contributed by atoms with Crippen LogP contribution in [0.1, 0.15) is 0 Å². The van der Waals surface area contributed by atoms with E-state index in [9.17, 15) is 5.11 Å². The highest BCUT2D eigenvalue weighted by molar-refractivity contribution is 5.45. The number of morpholine rings is 1. The van der Waals surface area contributed by atoms with Crippen molar-refractivity contribution < 1.29 is 9.84 Å². The van der Waals surface area contributed by atoms with Crippen LogP contribution in [0.5, 0.6) is 0 Å². The molecule has 0 aromatic carbocycles. The zero-order valence-electron chi connectivity index (χ0n) is 11.1. The Morgan fingerprint density at radius 1 is 1.47 bits per heavy atom. The molecule has 1 aliphatic rings. The number of nitrogens with two attached hydrogens (primary N) is 1. The van der Waals surface area contributed by atoms with Crippen LogP contribution in [0.4, 0.5) is 17.8 Å². The molecular weight excluding hydrogens is 250 g/mol. The lowest BCUT2D eigenvalue weighted by Crippen LogP contribution is -2.48. The van der Waals surface area contributed by atoms with Crippen LogP contribution in [0.2, 0.25) is 0 Å². The normalized spacial score (nSPS) is 19.4. The van der Waals surface area contributed by atoms with Gasteiger partial charge in [0.25, 0.3) is 0 Å². The van der Waals surface area contributed by atoms with Crippen LogP contribution in [-0.2, 0) is 4.74 Å². The maximum absolute atomic E-state index is 9.38. The molecule has 4 N–H and O–H groups in total. The Hall–Kier alpha value is -1.71. The average Bonchev–Trinajstić information content (AvgIpc) is 2.46. The van der Waals surface area contributed by atoms with E-state index in [1.54, 1.807) is 4.90 Å². The van der Waals surface area contributed by atoms with Crippen molar-refractivity contribution in [2.75, 3.05) is 55.7 Å². The summed E-state index contributed by atoms with van der Waals surface area (Å²) < 4.78 is 5.34. The molecule has 2 rings (SSSR count). The molecule has 2 heterocycles. The Morgan fingerprint density at radius 3 is 2.89 bits per heavy atom. The van der Waals surface area contributed by atoms with Crippen molar-refractivity contribution in [3.63, 3.8) is 0 Å². The third kappa shape index (κ3) is 3.00. The first-order valence-electron chi connectivity index (χ1n) is 6.01. The molecule has 9 heteroatoms. The number of aromatic nitrogens is 3. The predicted octanol–water partition coefficient (Wildman–Crippen LogP) is -1.58. The number of nitrogen functional groups attached to an aromatic ring is 1. The van der Waals surface area contributed by atoms with Crippen LogP contribution < -0.4 is 21.1 Å². The van der Waals surface area contributed by atoms with E-state index in [4.69, 9.17) is 10.6 Å². The molecule has 9 nitrogen and oxygen atoms in total. The second-order valence-electron chi connectivity index (χ2n) is 4.40. The van der Waals surface area contributed by atoms with Gasteiger partial charge in [-0.3, -0.25) is 5.43 Å². The van der Waals surface area contributed by atoms with E-state index in [-0.39, 0.29) is 18.6 Å². The van der Waals surface area contributed by atoms with E-state index in [2.05, 4.69) is 20.4 Å². The van der Waals surface area contributed by atoms with Crippen molar-refractivity contribution in [3.8, 4) is 0 Å². The molecule has 0 aliphatic carbocycles. The fourth-order valence-electron chi connectivity index (χ4n) is 1.82. The molecule has 106 valence electrons. The van der Waals surface area contributed by atoms with Crippen molar-refractivity contribution >= 4 is 17.8 Å². The molecule has 19 heavy (non-hydrogen) atoms. The maximum Gasteiger partial charge on any atom is 0.243 e. The summed E-state index contributed by atoms with van der Waals surface area (Å²) in [4.78, 5) is 16.4. The van der Waals surface area contributed by atoms with Gasteiger partial charge in [0.05, 0.1) is 25.9 Å². The standard InChI is InChI=1S/C10H19N7O2/c1-16(2)9-12-8(15-11)13-10(14-9)17-3-4-19-6-7(17)5-18/h7,18H,3-6,11H2,1-2H3,(H,12,13,14,15). The molecule has 1 unspecified atom stereocenters. The van der Waals surface area contributed by atoms with Gasteiger partial charge >= 0.3 is 0 Å². The second kappa shape index (κ2) is 5.95. The summed E-state index contributed by atoms with van der Waals surface area (Å²) in [5.41, 5.74) is 2.43. The Kier molecular flexibility index (Phi) is 4.30. The first kappa shape index (κ1) is 13.7. The number of nitrogens with one attached hydrogen (secondary N) is 1. The van der Waals surface area contributed by atoms with E-state index in [0.717, 1.165) is 0 Å². The summed E-state index contributed by atoms with van der Waals surface area (Å²) in [5.74, 6) is 6.64. The summed E-state index contributed by atoms with van der Waals surface area (Å²) in [6.07, 6.45) is 0. The molecule has 0 amide bonds. The third-order valence-electron chi connectivity index (χ3n) is 2.84. The molecule has 0 saturated carbocycles. The number of rotatable bonds is 4. The van der Waals surface area contributed by atoms with Crippen molar-refractivity contribution in [1.29, 1.82) is 0 Å². The number of aliphatic hydroxyl groups is 1. The van der Waals surface area contributed by atoms with Crippen LogP contribution in [0.3, 0.4) is 0 Å². The number of hydrogen-bond acceptors (Lipinski definition) is 9. The van der Waals surface area contributed by atoms with E-state index < -0.39 is 0 Å². The van der Waals surface area contributed by atoms with Crippen molar-refractivity contribution in [1.82, 2.24) is 15.0 Å². The second-order valence-corrected chi connectivity index (χ2v) is 4.40. The minimum Gasteiger partial charge on any atom is -0.394 e. The van der Waals surface area contributed by atoms with Crippen LogP contribution in [0, 0.1) is 0 Å². The lowest BCUT2D eigenvalue weighted by molar-refractivity contribution is 0.0718. The molecule has 1 fully saturated rings. The zero-order chi connectivity index (χ0) is 13.8. The highest BCUT2D eigenvalue weighted by Crippen LogP contribution is 2.18. The fourth-order valence-corrected chi connectivity index (χ4v) is 1.82. The van der Waals surface area contributed by atoms with Gasteiger partial charge in [-0.1, -0.05) is 0 Å². The molecule has 1 saturated heterocycles. The lowest BCUT2D eigenvalue weighted by atomic mass is 10.2. The summed E-state index contributed by atoms with van der Waals surface area (Å²) in [6.45, 7) is 1.62. The van der Waals surface area contributed by atoms with Crippen molar-refractivity contribution in [2.24, 2.45) is 5.84 Å². The highest BCUT2D eigenvalue weighted by Gasteiger charge is 2.25. The number of ether oxygens (including phenoxy) is 1. The predicted molar refractivity (Wildman–Crippen MR) is 71.0 cm³/mol. The third-order valence-corrected chi connectivity index (χ3v) is 2.84. The molecule has 0 bridgehead atoms. The molecule has 1 atom stereocenters. The van der Waals surface area contributed by atoms with Gasteiger partial charge < -0.3 is 19.6 Å². The van der Waals surface area contributed by atoms with Crippen LogP contribution in [0.15, 0.2) is 0 Å². The maximum atomic E-state index is 9.38. The van der Waals surface area contributed by atoms with Gasteiger partial charge in [0.1, 0.15) is 0 Å². The first-order chi connectivity index (χ1) is 9.15. The summed E-state index contributed by atoms with van der Waals surface area (Å²) in [5, 5.41) is 9.38. The van der Waals surface area contributed by atoms with E-state index >= 15 is 0 Å². The number of nitrogens with zero attached hydrogens (tertiary/aromatic N) is 5. The smallest absolute Gasteiger partial charge is 0.243 e. The topological polar surface area (TPSA) is 113 Å². The quantitative estimate of drug-likeness (QED) is 0.440. The number of anilines is 3. The van der Waals surface area contributed by atoms with Crippen molar-refractivity contribution in [3.05, 3.63) is 0 Å². The number of hydrazine groups is 1. The van der Waals surface area contributed by atoms with Gasteiger partial charge in [-0.25, -0.2) is 5.84 Å². The molecular formula is C10H19N7O2. The number of hydrogen-bond donors (Lipinski definition) is 3. The molecule has 1 aromatic rings. The molecule has 1 aliphatic heterocycles. The van der Waals surface area contributed by atoms with Crippen molar-refractivity contribution in [2.45, 2.75) is 6.04 Å². The SMILES string of the molecule is CN(C)c1nc(NN)nc(N2CCOCC2CO)n1. The Balaban J connectivity index is 2.33. The minimum absolute atomic E-state index is 0.0195. The monoisotopic (exact) mass is 269 g/mol. The molecule has 0 radical (unpaired) electrons. The zero-order valence-corrected chi connectivity index (χ0v) is 11.1. The Morgan fingerprint density at radius 2 is 2.26 bits per heavy atom. The molecule has 0 spiro atoms. The van der Waals surface area contributed by atoms with E-state index in [1.165, 1.54) is 0 Å². The van der Waals surface area contributed by atoms with Gasteiger partial charge in [-0.2, -0.15) is 15.0 Å². The Bertz CT molecular complexity index is 428. The van der Waals surface area contributed by atoms with Gasteiger partial charge in [-0.05, 0) is 0 Å². The van der Waals surface area contributed by atoms with E-state index in [1.807, 2.05) is 19.0 Å². The van der Waals surface area contributed by atoms with Gasteiger partial charge in [0, 0.05) is 20.6 Å². The van der Waals surface area contributed by atoms with Crippen LogP contribution in [-0.4, -0.2) is 66.6 Å². The fraction of sp³-hybridized carbons (Fsp3) is 0.700. The van der Waals surface area contributed by atoms with Gasteiger partial charge in [0.2, 0.25) is 17.8 Å². The summed E-state index contributed by atoms with van der Waals surface area (Å²) in [6, 6.07) is -0.156. The number of aliphatic hydroxyl groups excluding tert-OH is 1. The lowest BCUT2D eigenvalue weighted by Gasteiger charge is -2.34. The highest BCUT2D eigenvalue weighted by atomic mass is 16.5. The Labute approximate surface area is 111 Å². The minimum atomic E-state index is -0.156. The summed E-state index contributed by atoms with van der Waals surface area (Å²) in [7, 11) is 3.67. The first-order valence-corrected chi connectivity index (χ1v) is 6.01. The van der Waals surface area contributed by atoms with Gasteiger partial charge in [-0.15, -0.1) is 0 Å². The average molecular weight is 269 g/mol. The largest absolute Gasteiger partial charge is 0.394 e. The van der Waals surface area contributed by atoms with Crippen LogP contribution >= 0.6 is 0 Å². The molecule has 1 aromatic heterocycles.